The predicted molar refractivity (Wildman–Crippen MR) is 133 cm³/mol. The van der Waals surface area contributed by atoms with Crippen molar-refractivity contribution in [3.63, 3.8) is 0 Å². The molecule has 0 bridgehead atoms. The molecule has 0 fully saturated rings. The van der Waals surface area contributed by atoms with Crippen LogP contribution in [0.4, 0.5) is 5.69 Å². The summed E-state index contributed by atoms with van der Waals surface area (Å²) in [5, 5.41) is 3.16. The van der Waals surface area contributed by atoms with Crippen LogP contribution in [0.3, 0.4) is 0 Å². The highest BCUT2D eigenvalue weighted by Crippen LogP contribution is 2.28. The Balaban J connectivity index is 1.87. The van der Waals surface area contributed by atoms with E-state index < -0.39 is 38.4 Å². The number of carbonyl (C=O) groups excluding carboxylic acids is 1. The maximum absolute atomic E-state index is 13.4. The van der Waals surface area contributed by atoms with Crippen LogP contribution in [0.25, 0.3) is 0 Å². The molecular formula is C24H25ClN2O5S2. The monoisotopic (exact) mass is 520 g/mol. The Labute approximate surface area is 205 Å². The molecule has 7 nitrogen and oxygen atoms in total. The summed E-state index contributed by atoms with van der Waals surface area (Å²) in [5.74, 6) is -0.532. The lowest BCUT2D eigenvalue weighted by Gasteiger charge is -2.25. The van der Waals surface area contributed by atoms with E-state index in [1.165, 1.54) is 30.3 Å². The molecule has 0 saturated carbocycles. The zero-order chi connectivity index (χ0) is 25.1. The maximum atomic E-state index is 13.4. The Hall–Kier alpha value is -2.88. The third kappa shape index (κ3) is 5.97. The highest BCUT2D eigenvalue weighted by atomic mass is 35.5. The number of halogens is 1. The summed E-state index contributed by atoms with van der Waals surface area (Å²) in [7, 11) is -7.39. The molecule has 1 atom stereocenters. The van der Waals surface area contributed by atoms with Gasteiger partial charge in [0.25, 0.3) is 10.0 Å². The summed E-state index contributed by atoms with van der Waals surface area (Å²) < 4.78 is 51.1. The van der Waals surface area contributed by atoms with Gasteiger partial charge in [0.15, 0.2) is 9.84 Å². The molecule has 1 amide bonds. The largest absolute Gasteiger partial charge is 0.348 e. The number of hydrogen-bond donors (Lipinski definition) is 1. The molecule has 3 aromatic carbocycles. The number of anilines is 1. The number of nitrogens with one attached hydrogen (secondary N) is 1. The lowest BCUT2D eigenvalue weighted by molar-refractivity contribution is -0.120. The first-order valence-corrected chi connectivity index (χ1v) is 14.0. The van der Waals surface area contributed by atoms with Gasteiger partial charge in [0.2, 0.25) is 5.91 Å². The van der Waals surface area contributed by atoms with Crippen LogP contribution < -0.4 is 9.62 Å². The Morgan fingerprint density at radius 3 is 2.12 bits per heavy atom. The fourth-order valence-corrected chi connectivity index (χ4v) is 5.52. The van der Waals surface area contributed by atoms with E-state index in [0.29, 0.717) is 10.6 Å². The van der Waals surface area contributed by atoms with Gasteiger partial charge in [-0.25, -0.2) is 16.8 Å². The van der Waals surface area contributed by atoms with Crippen LogP contribution >= 0.6 is 11.6 Å². The second-order valence-electron chi connectivity index (χ2n) is 7.89. The van der Waals surface area contributed by atoms with E-state index in [4.69, 9.17) is 11.6 Å². The third-order valence-corrected chi connectivity index (χ3v) is 8.57. The summed E-state index contributed by atoms with van der Waals surface area (Å²) in [6, 6.07) is 18.3. The van der Waals surface area contributed by atoms with Gasteiger partial charge in [0.1, 0.15) is 6.54 Å². The molecule has 0 aliphatic carbocycles. The van der Waals surface area contributed by atoms with Crippen LogP contribution in [0.15, 0.2) is 82.6 Å². The smallest absolute Gasteiger partial charge is 0.264 e. The van der Waals surface area contributed by atoms with Crippen molar-refractivity contribution in [1.29, 1.82) is 0 Å². The van der Waals surface area contributed by atoms with Crippen LogP contribution in [0.1, 0.15) is 24.1 Å². The molecule has 0 spiro atoms. The van der Waals surface area contributed by atoms with E-state index in [2.05, 4.69) is 5.32 Å². The van der Waals surface area contributed by atoms with E-state index in [0.717, 1.165) is 16.1 Å². The van der Waals surface area contributed by atoms with Crippen LogP contribution in [-0.2, 0) is 24.7 Å². The molecule has 0 aliphatic rings. The fraction of sp³-hybridized carbons (Fsp3) is 0.208. The third-order valence-electron chi connectivity index (χ3n) is 5.25. The van der Waals surface area contributed by atoms with Crippen molar-refractivity contribution in [2.45, 2.75) is 29.7 Å². The number of hydrogen-bond acceptors (Lipinski definition) is 5. The van der Waals surface area contributed by atoms with E-state index in [-0.39, 0.29) is 15.5 Å². The van der Waals surface area contributed by atoms with Crippen molar-refractivity contribution < 1.29 is 21.6 Å². The zero-order valence-corrected chi connectivity index (χ0v) is 21.3. The molecule has 34 heavy (non-hydrogen) atoms. The Morgan fingerprint density at radius 1 is 0.941 bits per heavy atom. The molecule has 0 radical (unpaired) electrons. The standard InChI is InChI=1S/C24H25ClN2O5S2/c1-17-9-12-20(15-23(17)25)27(34(31,32)22-7-5-4-6-8-22)16-24(28)26-18(2)19-10-13-21(14-11-19)33(3,29)30/h4-15,18H,16H2,1-3H3,(H,26,28). The topological polar surface area (TPSA) is 101 Å². The second kappa shape index (κ2) is 10.2. The maximum Gasteiger partial charge on any atom is 0.264 e. The molecule has 10 heteroatoms. The number of nitrogens with zero attached hydrogens (tertiary/aromatic N) is 1. The molecule has 3 rings (SSSR count). The molecule has 180 valence electrons. The Morgan fingerprint density at radius 2 is 1.56 bits per heavy atom. The first-order chi connectivity index (χ1) is 15.9. The molecule has 1 unspecified atom stereocenters. The van der Waals surface area contributed by atoms with Crippen LogP contribution in [-0.4, -0.2) is 35.5 Å². The lowest BCUT2D eigenvalue weighted by atomic mass is 10.1. The molecular weight excluding hydrogens is 496 g/mol. The minimum absolute atomic E-state index is 0.0453. The van der Waals surface area contributed by atoms with Crippen LogP contribution in [0.2, 0.25) is 5.02 Å². The quantitative estimate of drug-likeness (QED) is 0.481. The highest BCUT2D eigenvalue weighted by Gasteiger charge is 2.28. The number of aryl methyl sites for hydroxylation is 1. The van der Waals surface area contributed by atoms with Crippen molar-refractivity contribution in [3.8, 4) is 0 Å². The van der Waals surface area contributed by atoms with Gasteiger partial charge < -0.3 is 5.32 Å². The molecule has 0 aromatic heterocycles. The van der Waals surface area contributed by atoms with Crippen LogP contribution in [0.5, 0.6) is 0 Å². The second-order valence-corrected chi connectivity index (χ2v) is 12.2. The van der Waals surface area contributed by atoms with Gasteiger partial charge in [-0.05, 0) is 61.4 Å². The number of carbonyl (C=O) groups is 1. The summed E-state index contributed by atoms with van der Waals surface area (Å²) in [5.41, 5.74) is 1.72. The predicted octanol–water partition coefficient (Wildman–Crippen LogP) is 4.12. The number of sulfonamides is 1. The van der Waals surface area contributed by atoms with Gasteiger partial charge >= 0.3 is 0 Å². The normalized spacial score (nSPS) is 12.7. The Bertz CT molecular complexity index is 1390. The van der Waals surface area contributed by atoms with Crippen molar-refractivity contribution in [2.24, 2.45) is 0 Å². The van der Waals surface area contributed by atoms with Gasteiger partial charge in [0.05, 0.1) is 21.5 Å². The summed E-state index contributed by atoms with van der Waals surface area (Å²) in [4.78, 5) is 13.1. The van der Waals surface area contributed by atoms with Gasteiger partial charge in [-0.3, -0.25) is 9.10 Å². The van der Waals surface area contributed by atoms with E-state index in [1.807, 2.05) is 0 Å². The first-order valence-electron chi connectivity index (χ1n) is 10.3. The summed E-state index contributed by atoms with van der Waals surface area (Å²) >= 11 is 6.23. The molecule has 0 saturated heterocycles. The first kappa shape index (κ1) is 25.7. The van der Waals surface area contributed by atoms with E-state index >= 15 is 0 Å². The molecule has 1 N–H and O–H groups in total. The fourth-order valence-electron chi connectivity index (χ4n) is 3.28. The van der Waals surface area contributed by atoms with Gasteiger partial charge in [0, 0.05) is 11.3 Å². The molecule has 0 aliphatic heterocycles. The van der Waals surface area contributed by atoms with Crippen LogP contribution in [0, 0.1) is 6.92 Å². The highest BCUT2D eigenvalue weighted by molar-refractivity contribution is 7.93. The van der Waals surface area contributed by atoms with Crippen molar-refractivity contribution >= 4 is 43.1 Å². The Kier molecular flexibility index (Phi) is 7.70. The average Bonchev–Trinajstić information content (AvgIpc) is 2.79. The number of benzene rings is 3. The van der Waals surface area contributed by atoms with Gasteiger partial charge in [-0.2, -0.15) is 0 Å². The summed E-state index contributed by atoms with van der Waals surface area (Å²) in [6.45, 7) is 3.06. The number of amides is 1. The van der Waals surface area contributed by atoms with E-state index in [1.54, 1.807) is 56.3 Å². The molecule has 0 heterocycles. The van der Waals surface area contributed by atoms with Crippen molar-refractivity contribution in [3.05, 3.63) is 88.9 Å². The number of rotatable bonds is 8. The zero-order valence-electron chi connectivity index (χ0n) is 18.9. The molecule has 3 aromatic rings. The van der Waals surface area contributed by atoms with Gasteiger partial charge in [-0.1, -0.05) is 48.0 Å². The van der Waals surface area contributed by atoms with E-state index in [9.17, 15) is 21.6 Å². The minimum Gasteiger partial charge on any atom is -0.348 e. The number of sulfone groups is 1. The minimum atomic E-state index is -4.05. The van der Waals surface area contributed by atoms with Crippen molar-refractivity contribution in [2.75, 3.05) is 17.1 Å². The average molecular weight is 521 g/mol. The lowest BCUT2D eigenvalue weighted by Crippen LogP contribution is -2.41. The summed E-state index contributed by atoms with van der Waals surface area (Å²) in [6.07, 6.45) is 1.12. The van der Waals surface area contributed by atoms with Crippen molar-refractivity contribution in [1.82, 2.24) is 5.32 Å². The SMILES string of the molecule is Cc1ccc(N(CC(=O)NC(C)c2ccc(S(C)(=O)=O)cc2)S(=O)(=O)c2ccccc2)cc1Cl. The van der Waals surface area contributed by atoms with Gasteiger partial charge in [-0.15, -0.1) is 0 Å².